The summed E-state index contributed by atoms with van der Waals surface area (Å²) in [4.78, 5) is 0. The topological polar surface area (TPSA) is 18.5 Å². The van der Waals surface area contributed by atoms with Crippen LogP contribution in [0.5, 0.6) is 0 Å². The van der Waals surface area contributed by atoms with Gasteiger partial charge in [0.05, 0.1) is 0 Å². The van der Waals surface area contributed by atoms with Crippen LogP contribution >= 0.6 is 0 Å². The molecule has 0 aromatic rings. The van der Waals surface area contributed by atoms with E-state index in [0.29, 0.717) is 13.4 Å². The van der Waals surface area contributed by atoms with E-state index in [1.54, 1.807) is 7.11 Å². The molecule has 0 bridgehead atoms. The Morgan fingerprint density at radius 2 is 2.11 bits per heavy atom. The maximum atomic E-state index is 4.89. The Labute approximate surface area is 56.2 Å². The molecule has 0 fully saturated rings. The fraction of sp³-hybridized carbons (Fsp3) is 0.714. The predicted molar refractivity (Wildman–Crippen MR) is 35.9 cm³/mol. The van der Waals surface area contributed by atoms with E-state index in [2.05, 4.69) is 16.6 Å². The van der Waals surface area contributed by atoms with Gasteiger partial charge in [0.1, 0.15) is 13.4 Å². The van der Waals surface area contributed by atoms with E-state index in [9.17, 15) is 0 Å². The lowest BCUT2D eigenvalue weighted by atomic mass is 10.5. The van der Waals surface area contributed by atoms with E-state index in [1.165, 1.54) is 0 Å². The lowest BCUT2D eigenvalue weighted by Crippen LogP contribution is -1.95. The molecular weight excluding hydrogens is 116 g/mol. The Balaban J connectivity index is 2.90. The van der Waals surface area contributed by atoms with Crippen molar-refractivity contribution in [2.45, 2.75) is 13.3 Å². The van der Waals surface area contributed by atoms with Crippen LogP contribution in [0.4, 0.5) is 0 Å². The highest BCUT2D eigenvalue weighted by molar-refractivity contribution is 4.97. The number of ether oxygens (including phenoxy) is 2. The number of rotatable bonds is 3. The van der Waals surface area contributed by atoms with Crippen molar-refractivity contribution < 1.29 is 9.47 Å². The molecular formula is C7H12O2. The highest BCUT2D eigenvalue weighted by Crippen LogP contribution is 1.73. The highest BCUT2D eigenvalue weighted by atomic mass is 16.7. The fourth-order valence-electron chi connectivity index (χ4n) is 0.352. The lowest BCUT2D eigenvalue weighted by Gasteiger charge is -1.93. The first-order valence-electron chi connectivity index (χ1n) is 2.94. The zero-order valence-corrected chi connectivity index (χ0v) is 5.94. The molecule has 52 valence electrons. The van der Waals surface area contributed by atoms with Crippen molar-refractivity contribution in [3.63, 3.8) is 0 Å². The van der Waals surface area contributed by atoms with Crippen LogP contribution in [0.25, 0.3) is 0 Å². The minimum Gasteiger partial charge on any atom is -0.359 e. The Morgan fingerprint density at radius 1 is 1.33 bits per heavy atom. The Morgan fingerprint density at radius 3 is 2.67 bits per heavy atom. The third-order valence-corrected chi connectivity index (χ3v) is 0.677. The van der Waals surface area contributed by atoms with Gasteiger partial charge in [0.25, 0.3) is 0 Å². The molecule has 0 aliphatic rings. The second-order valence-electron chi connectivity index (χ2n) is 1.46. The van der Waals surface area contributed by atoms with Crippen LogP contribution in [0.3, 0.4) is 0 Å². The van der Waals surface area contributed by atoms with Crippen molar-refractivity contribution in [3.05, 3.63) is 0 Å². The molecule has 0 spiro atoms. The molecule has 9 heavy (non-hydrogen) atoms. The first-order chi connectivity index (χ1) is 4.41. The second kappa shape index (κ2) is 7.48. The zero-order chi connectivity index (χ0) is 6.95. The van der Waals surface area contributed by atoms with Crippen molar-refractivity contribution in [1.82, 2.24) is 0 Å². The van der Waals surface area contributed by atoms with Crippen LogP contribution in [0.15, 0.2) is 0 Å². The molecule has 0 N–H and O–H groups in total. The summed E-state index contributed by atoms with van der Waals surface area (Å²) < 4.78 is 9.52. The van der Waals surface area contributed by atoms with E-state index < -0.39 is 0 Å². The molecule has 2 nitrogen and oxygen atoms in total. The van der Waals surface area contributed by atoms with Gasteiger partial charge in [-0.3, -0.25) is 0 Å². The molecule has 0 heterocycles. The summed E-state index contributed by atoms with van der Waals surface area (Å²) in [5, 5.41) is 0. The van der Waals surface area contributed by atoms with Gasteiger partial charge < -0.3 is 9.47 Å². The first-order valence-corrected chi connectivity index (χ1v) is 2.94. The molecule has 0 saturated carbocycles. The largest absolute Gasteiger partial charge is 0.359 e. The molecule has 2 heteroatoms. The average molecular weight is 128 g/mol. The minimum absolute atomic E-state index is 0.332. The Kier molecular flexibility index (Phi) is 7.05. The standard InChI is InChI=1S/C7H12O2/c1-3-4-5-6-9-7-8-2/h3,6-7H2,1-2H3. The molecule has 0 aromatic heterocycles. The molecule has 0 aromatic carbocycles. The summed E-state index contributed by atoms with van der Waals surface area (Å²) in [5.74, 6) is 5.69. The third kappa shape index (κ3) is 7.48. The van der Waals surface area contributed by atoms with E-state index in [0.717, 1.165) is 6.42 Å². The van der Waals surface area contributed by atoms with Gasteiger partial charge in [0, 0.05) is 13.5 Å². The smallest absolute Gasteiger partial charge is 0.147 e. The number of methoxy groups -OCH3 is 1. The van der Waals surface area contributed by atoms with Crippen LogP contribution in [0.1, 0.15) is 13.3 Å². The van der Waals surface area contributed by atoms with Gasteiger partial charge in [-0.15, -0.1) is 5.92 Å². The summed E-state index contributed by atoms with van der Waals surface area (Å²) in [6.45, 7) is 2.81. The molecule has 0 atom stereocenters. The minimum atomic E-state index is 0.332. The molecule has 0 unspecified atom stereocenters. The van der Waals surface area contributed by atoms with Crippen LogP contribution < -0.4 is 0 Å². The van der Waals surface area contributed by atoms with Gasteiger partial charge in [-0.1, -0.05) is 12.8 Å². The molecule has 0 rings (SSSR count). The van der Waals surface area contributed by atoms with Gasteiger partial charge in [0.2, 0.25) is 0 Å². The molecule has 0 aliphatic carbocycles. The van der Waals surface area contributed by atoms with E-state index >= 15 is 0 Å². The summed E-state index contributed by atoms with van der Waals surface area (Å²) in [7, 11) is 1.59. The summed E-state index contributed by atoms with van der Waals surface area (Å²) in [6, 6.07) is 0. The molecule has 0 aliphatic heterocycles. The van der Waals surface area contributed by atoms with Crippen LogP contribution in [0.2, 0.25) is 0 Å². The van der Waals surface area contributed by atoms with E-state index in [4.69, 9.17) is 4.74 Å². The lowest BCUT2D eigenvalue weighted by molar-refractivity contribution is -0.0166. The van der Waals surface area contributed by atoms with Crippen LogP contribution in [-0.2, 0) is 9.47 Å². The third-order valence-electron chi connectivity index (χ3n) is 0.677. The maximum absolute atomic E-state index is 4.89. The van der Waals surface area contributed by atoms with Crippen molar-refractivity contribution >= 4 is 0 Å². The van der Waals surface area contributed by atoms with E-state index in [1.807, 2.05) is 6.92 Å². The van der Waals surface area contributed by atoms with Crippen molar-refractivity contribution in [3.8, 4) is 11.8 Å². The van der Waals surface area contributed by atoms with Crippen molar-refractivity contribution in [2.24, 2.45) is 0 Å². The first kappa shape index (κ1) is 8.48. The predicted octanol–water partition coefficient (Wildman–Crippen LogP) is 1.02. The van der Waals surface area contributed by atoms with Gasteiger partial charge in [-0.05, 0) is 0 Å². The summed E-state index contributed by atoms with van der Waals surface area (Å²) >= 11 is 0. The van der Waals surface area contributed by atoms with Crippen LogP contribution in [-0.4, -0.2) is 20.5 Å². The summed E-state index contributed by atoms with van der Waals surface area (Å²) in [5.41, 5.74) is 0. The SMILES string of the molecule is CCC#CCOCOC. The average Bonchev–Trinajstić information content (AvgIpc) is 1.89. The van der Waals surface area contributed by atoms with Crippen LogP contribution in [0, 0.1) is 11.8 Å². The van der Waals surface area contributed by atoms with Crippen molar-refractivity contribution in [1.29, 1.82) is 0 Å². The number of hydrogen-bond donors (Lipinski definition) is 0. The quantitative estimate of drug-likeness (QED) is 0.321. The molecule has 0 amide bonds. The zero-order valence-electron chi connectivity index (χ0n) is 5.94. The monoisotopic (exact) mass is 128 g/mol. The van der Waals surface area contributed by atoms with Crippen molar-refractivity contribution in [2.75, 3.05) is 20.5 Å². The highest BCUT2D eigenvalue weighted by Gasteiger charge is 1.75. The normalized spacial score (nSPS) is 8.22. The van der Waals surface area contributed by atoms with E-state index in [-0.39, 0.29) is 0 Å². The van der Waals surface area contributed by atoms with Gasteiger partial charge in [0.15, 0.2) is 0 Å². The molecule has 0 saturated heterocycles. The second-order valence-corrected chi connectivity index (χ2v) is 1.46. The summed E-state index contributed by atoms with van der Waals surface area (Å²) in [6.07, 6.45) is 0.885. The Bertz CT molecular complexity index is 99.2. The Hall–Kier alpha value is -0.520. The molecule has 0 radical (unpaired) electrons. The van der Waals surface area contributed by atoms with Gasteiger partial charge in [-0.2, -0.15) is 0 Å². The van der Waals surface area contributed by atoms with Gasteiger partial charge in [-0.25, -0.2) is 0 Å². The maximum Gasteiger partial charge on any atom is 0.147 e. The van der Waals surface area contributed by atoms with Gasteiger partial charge >= 0.3 is 0 Å². The number of hydrogen-bond acceptors (Lipinski definition) is 2. The fourth-order valence-corrected chi connectivity index (χ4v) is 0.352.